The maximum absolute atomic E-state index is 13.7. The Bertz CT molecular complexity index is 710. The second-order valence-electron chi connectivity index (χ2n) is 8.41. The van der Waals surface area contributed by atoms with Crippen LogP contribution < -0.4 is 10.0 Å². The Labute approximate surface area is 178 Å². The monoisotopic (exact) mass is 450 g/mol. The van der Waals surface area contributed by atoms with Gasteiger partial charge in [-0.15, -0.1) is 0 Å². The first-order chi connectivity index (χ1) is 13.1. The lowest BCUT2D eigenvalue weighted by atomic mass is 9.86. The van der Waals surface area contributed by atoms with Gasteiger partial charge in [0.25, 0.3) is 0 Å². The molecule has 0 aliphatic heterocycles. The normalized spacial score (nSPS) is 21.0. The smallest absolute Gasteiger partial charge is 0.216 e. The SMILES string of the molecule is CC(C)(C)S(=O)(=O)N[C@H]1CC[C@H](CNCCSCc2c(F)cccc2Cl)CC1. The lowest BCUT2D eigenvalue weighted by Gasteiger charge is -2.31. The minimum Gasteiger partial charge on any atom is -0.316 e. The Morgan fingerprint density at radius 2 is 1.89 bits per heavy atom. The summed E-state index contributed by atoms with van der Waals surface area (Å²) < 4.78 is 40.3. The molecule has 2 N–H and O–H groups in total. The third-order valence-corrected chi connectivity index (χ3v) is 8.73. The first-order valence-electron chi connectivity index (χ1n) is 9.83. The van der Waals surface area contributed by atoms with Crippen LogP contribution in [0.2, 0.25) is 5.02 Å². The highest BCUT2D eigenvalue weighted by molar-refractivity contribution is 7.98. The second kappa shape index (κ2) is 10.6. The summed E-state index contributed by atoms with van der Waals surface area (Å²) in [6, 6.07) is 4.84. The quantitative estimate of drug-likeness (QED) is 0.540. The van der Waals surface area contributed by atoms with Crippen LogP contribution in [-0.2, 0) is 15.8 Å². The van der Waals surface area contributed by atoms with Gasteiger partial charge in [0.2, 0.25) is 10.0 Å². The van der Waals surface area contributed by atoms with E-state index in [1.54, 1.807) is 44.7 Å². The molecule has 8 heteroatoms. The van der Waals surface area contributed by atoms with E-state index in [9.17, 15) is 12.8 Å². The number of hydrogen-bond donors (Lipinski definition) is 2. The highest BCUT2D eigenvalue weighted by Gasteiger charge is 2.32. The molecule has 1 saturated carbocycles. The minimum atomic E-state index is -3.28. The fraction of sp³-hybridized carbons (Fsp3) is 0.700. The Balaban J connectivity index is 1.59. The maximum Gasteiger partial charge on any atom is 0.216 e. The van der Waals surface area contributed by atoms with Crippen molar-refractivity contribution < 1.29 is 12.8 Å². The fourth-order valence-corrected chi connectivity index (χ4v) is 5.44. The summed E-state index contributed by atoms with van der Waals surface area (Å²) in [6.07, 6.45) is 3.84. The molecule has 1 aromatic carbocycles. The van der Waals surface area contributed by atoms with E-state index in [2.05, 4.69) is 10.0 Å². The summed E-state index contributed by atoms with van der Waals surface area (Å²) in [5.74, 6) is 1.81. The Kier molecular flexibility index (Phi) is 9.08. The number of benzene rings is 1. The van der Waals surface area contributed by atoms with Crippen molar-refractivity contribution in [1.82, 2.24) is 10.0 Å². The molecule has 0 heterocycles. The Morgan fingerprint density at radius 3 is 2.50 bits per heavy atom. The van der Waals surface area contributed by atoms with Crippen LogP contribution in [0.5, 0.6) is 0 Å². The third-order valence-electron chi connectivity index (χ3n) is 5.14. The van der Waals surface area contributed by atoms with Crippen molar-refractivity contribution in [3.05, 3.63) is 34.6 Å². The largest absolute Gasteiger partial charge is 0.316 e. The van der Waals surface area contributed by atoms with Crippen molar-refractivity contribution in [3.8, 4) is 0 Å². The zero-order chi connectivity index (χ0) is 20.8. The molecule has 0 unspecified atom stereocenters. The van der Waals surface area contributed by atoms with E-state index in [0.717, 1.165) is 44.5 Å². The number of rotatable bonds is 9. The third kappa shape index (κ3) is 7.17. The van der Waals surface area contributed by atoms with Gasteiger partial charge in [-0.25, -0.2) is 17.5 Å². The second-order valence-corrected chi connectivity index (χ2v) is 12.4. The van der Waals surface area contributed by atoms with Gasteiger partial charge in [0.1, 0.15) is 5.82 Å². The molecule has 0 bridgehead atoms. The molecule has 1 fully saturated rings. The van der Waals surface area contributed by atoms with Crippen molar-refractivity contribution in [3.63, 3.8) is 0 Å². The average molecular weight is 451 g/mol. The van der Waals surface area contributed by atoms with Crippen LogP contribution in [0.1, 0.15) is 52.0 Å². The van der Waals surface area contributed by atoms with Gasteiger partial charge in [0.05, 0.1) is 4.75 Å². The van der Waals surface area contributed by atoms with Crippen LogP contribution in [0.25, 0.3) is 0 Å². The molecule has 0 radical (unpaired) electrons. The van der Waals surface area contributed by atoms with E-state index >= 15 is 0 Å². The van der Waals surface area contributed by atoms with Gasteiger partial charge in [0, 0.05) is 34.7 Å². The van der Waals surface area contributed by atoms with E-state index in [-0.39, 0.29) is 11.9 Å². The molecular formula is C20H32ClFN2O2S2. The number of hydrogen-bond acceptors (Lipinski definition) is 4. The number of nitrogens with one attached hydrogen (secondary N) is 2. The summed E-state index contributed by atoms with van der Waals surface area (Å²) in [5.41, 5.74) is 0.574. The van der Waals surface area contributed by atoms with Crippen LogP contribution in [0.3, 0.4) is 0 Å². The molecule has 0 atom stereocenters. The van der Waals surface area contributed by atoms with Gasteiger partial charge in [-0.2, -0.15) is 11.8 Å². The number of halogens is 2. The summed E-state index contributed by atoms with van der Waals surface area (Å²) in [5, 5.41) is 3.96. The van der Waals surface area contributed by atoms with Crippen molar-refractivity contribution >= 4 is 33.4 Å². The Hall–Kier alpha value is -0.340. The fourth-order valence-electron chi connectivity index (χ4n) is 3.18. The van der Waals surface area contributed by atoms with Crippen molar-refractivity contribution in [1.29, 1.82) is 0 Å². The van der Waals surface area contributed by atoms with E-state index in [0.29, 0.717) is 22.3 Å². The lowest BCUT2D eigenvalue weighted by molar-refractivity contribution is 0.303. The molecule has 160 valence electrons. The van der Waals surface area contributed by atoms with Crippen LogP contribution in [0.15, 0.2) is 18.2 Å². The summed E-state index contributed by atoms with van der Waals surface area (Å²) in [4.78, 5) is 0. The molecule has 4 nitrogen and oxygen atoms in total. The van der Waals surface area contributed by atoms with Crippen molar-refractivity contribution in [2.75, 3.05) is 18.8 Å². The highest BCUT2D eigenvalue weighted by atomic mass is 35.5. The first kappa shape index (κ1) is 23.9. The van der Waals surface area contributed by atoms with Gasteiger partial charge < -0.3 is 5.32 Å². The molecule has 1 aliphatic carbocycles. The molecule has 0 aromatic heterocycles. The highest BCUT2D eigenvalue weighted by Crippen LogP contribution is 2.26. The minimum absolute atomic E-state index is 0.0570. The topological polar surface area (TPSA) is 58.2 Å². The summed E-state index contributed by atoms with van der Waals surface area (Å²) in [7, 11) is -3.28. The van der Waals surface area contributed by atoms with Crippen LogP contribution in [0, 0.1) is 11.7 Å². The zero-order valence-electron chi connectivity index (χ0n) is 16.9. The van der Waals surface area contributed by atoms with Crippen LogP contribution in [0.4, 0.5) is 4.39 Å². The van der Waals surface area contributed by atoms with E-state index < -0.39 is 14.8 Å². The molecule has 1 aromatic rings. The maximum atomic E-state index is 13.7. The molecular weight excluding hydrogens is 419 g/mol. The molecule has 1 aliphatic rings. The molecule has 2 rings (SSSR count). The van der Waals surface area contributed by atoms with Gasteiger partial charge in [-0.1, -0.05) is 17.7 Å². The van der Waals surface area contributed by atoms with E-state index in [4.69, 9.17) is 11.6 Å². The summed E-state index contributed by atoms with van der Waals surface area (Å²) >= 11 is 7.70. The molecule has 0 spiro atoms. The Morgan fingerprint density at radius 1 is 1.21 bits per heavy atom. The van der Waals surface area contributed by atoms with Crippen LogP contribution in [-0.4, -0.2) is 38.0 Å². The van der Waals surface area contributed by atoms with Gasteiger partial charge >= 0.3 is 0 Å². The number of thioether (sulfide) groups is 1. The predicted molar refractivity (Wildman–Crippen MR) is 118 cm³/mol. The first-order valence-corrected chi connectivity index (χ1v) is 12.8. The lowest BCUT2D eigenvalue weighted by Crippen LogP contribution is -2.46. The van der Waals surface area contributed by atoms with Crippen LogP contribution >= 0.6 is 23.4 Å². The molecule has 28 heavy (non-hydrogen) atoms. The predicted octanol–water partition coefficient (Wildman–Crippen LogP) is 4.58. The molecule has 0 amide bonds. The van der Waals surface area contributed by atoms with Gasteiger partial charge in [0.15, 0.2) is 0 Å². The van der Waals surface area contributed by atoms with E-state index in [1.807, 2.05) is 0 Å². The van der Waals surface area contributed by atoms with Gasteiger partial charge in [-0.05, 0) is 71.0 Å². The average Bonchev–Trinajstić information content (AvgIpc) is 2.60. The van der Waals surface area contributed by atoms with Crippen molar-refractivity contribution in [2.24, 2.45) is 5.92 Å². The zero-order valence-corrected chi connectivity index (χ0v) is 19.3. The van der Waals surface area contributed by atoms with E-state index in [1.165, 1.54) is 6.07 Å². The van der Waals surface area contributed by atoms with Gasteiger partial charge in [-0.3, -0.25) is 0 Å². The molecule has 0 saturated heterocycles. The summed E-state index contributed by atoms with van der Waals surface area (Å²) in [6.45, 7) is 6.99. The standard InChI is InChI=1S/C20H32ClFN2O2S2/c1-20(2,3)28(25,26)24-16-9-7-15(8-10-16)13-23-11-12-27-14-17-18(21)5-4-6-19(17)22/h4-6,15-16,23-24H,7-14H2,1-3H3/t15-,16-. The number of sulfonamides is 1. The van der Waals surface area contributed by atoms with Crippen molar-refractivity contribution in [2.45, 2.75) is 63.0 Å².